The molecule has 1 fully saturated rings. The topological polar surface area (TPSA) is 64.1 Å². The van der Waals surface area contributed by atoms with Gasteiger partial charge < -0.3 is 10.1 Å². The molecule has 3 rings (SSSR count). The van der Waals surface area contributed by atoms with Gasteiger partial charge in [-0.15, -0.1) is 0 Å². The Hall–Kier alpha value is -2.21. The van der Waals surface area contributed by atoms with Crippen molar-refractivity contribution in [1.29, 1.82) is 0 Å². The average Bonchev–Trinajstić information content (AvgIpc) is 2.61. The number of nitrogens with one attached hydrogen (secondary N) is 1. The SMILES string of the molecule is CCCCOc1cc(C(NC(=O)C2CCC2)c2nccnc2Cl)ccc1F. The molecule has 1 unspecified atom stereocenters. The minimum absolute atomic E-state index is 0.00340. The Morgan fingerprint density at radius 3 is 2.81 bits per heavy atom. The van der Waals surface area contributed by atoms with Gasteiger partial charge in [-0.25, -0.2) is 9.37 Å². The van der Waals surface area contributed by atoms with Crippen LogP contribution in [-0.2, 0) is 4.79 Å². The molecule has 7 heteroatoms. The monoisotopic (exact) mass is 391 g/mol. The van der Waals surface area contributed by atoms with Gasteiger partial charge in [0.05, 0.1) is 12.6 Å². The lowest BCUT2D eigenvalue weighted by Crippen LogP contribution is -2.37. The van der Waals surface area contributed by atoms with Crippen molar-refractivity contribution in [3.8, 4) is 5.75 Å². The molecule has 144 valence electrons. The minimum atomic E-state index is -0.617. The van der Waals surface area contributed by atoms with Crippen LogP contribution in [0.3, 0.4) is 0 Å². The van der Waals surface area contributed by atoms with Crippen LogP contribution in [0.25, 0.3) is 0 Å². The van der Waals surface area contributed by atoms with Crippen LogP contribution in [0, 0.1) is 11.7 Å². The fraction of sp³-hybridized carbons (Fsp3) is 0.450. The van der Waals surface area contributed by atoms with E-state index >= 15 is 0 Å². The molecule has 1 aliphatic rings. The third-order valence-corrected chi connectivity index (χ3v) is 5.05. The van der Waals surface area contributed by atoms with E-state index in [0.717, 1.165) is 32.1 Å². The summed E-state index contributed by atoms with van der Waals surface area (Å²) in [4.78, 5) is 20.9. The highest BCUT2D eigenvalue weighted by molar-refractivity contribution is 6.30. The number of unbranched alkanes of at least 4 members (excludes halogenated alkanes) is 1. The smallest absolute Gasteiger partial charge is 0.223 e. The molecule has 1 heterocycles. The maximum absolute atomic E-state index is 14.1. The fourth-order valence-corrected chi connectivity index (χ4v) is 3.12. The van der Waals surface area contributed by atoms with Crippen molar-refractivity contribution in [2.45, 2.75) is 45.1 Å². The molecule has 0 radical (unpaired) electrons. The second-order valence-electron chi connectivity index (χ2n) is 6.69. The van der Waals surface area contributed by atoms with E-state index in [1.165, 1.54) is 18.5 Å². The van der Waals surface area contributed by atoms with Crippen LogP contribution < -0.4 is 10.1 Å². The highest BCUT2D eigenvalue weighted by Crippen LogP contribution is 2.32. The van der Waals surface area contributed by atoms with Crippen LogP contribution >= 0.6 is 11.6 Å². The van der Waals surface area contributed by atoms with Crippen LogP contribution in [0.2, 0.25) is 5.15 Å². The molecule has 0 aliphatic heterocycles. The summed E-state index contributed by atoms with van der Waals surface area (Å²) in [6.07, 6.45) is 7.61. The first-order chi connectivity index (χ1) is 13.1. The summed E-state index contributed by atoms with van der Waals surface area (Å²) < 4.78 is 19.7. The number of nitrogens with zero attached hydrogens (tertiary/aromatic N) is 2. The van der Waals surface area contributed by atoms with E-state index in [2.05, 4.69) is 15.3 Å². The zero-order chi connectivity index (χ0) is 19.2. The standard InChI is InChI=1S/C20H23ClFN3O2/c1-2-3-11-27-16-12-14(7-8-15(16)22)17(18-19(21)24-10-9-23-18)25-20(26)13-5-4-6-13/h7-10,12-13,17H,2-6,11H2,1H3,(H,25,26). The molecule has 0 spiro atoms. The third kappa shape index (κ3) is 4.75. The second-order valence-corrected chi connectivity index (χ2v) is 7.05. The summed E-state index contributed by atoms with van der Waals surface area (Å²) >= 11 is 6.22. The molecule has 0 bridgehead atoms. The van der Waals surface area contributed by atoms with Crippen molar-refractivity contribution in [3.05, 3.63) is 52.8 Å². The summed E-state index contributed by atoms with van der Waals surface area (Å²) in [5.74, 6) is -0.331. The molecule has 1 saturated carbocycles. The van der Waals surface area contributed by atoms with E-state index in [1.54, 1.807) is 12.1 Å². The first-order valence-electron chi connectivity index (χ1n) is 9.29. The molecule has 1 N–H and O–H groups in total. The second kappa shape index (κ2) is 9.13. The summed E-state index contributed by atoms with van der Waals surface area (Å²) in [6, 6.07) is 3.93. The quantitative estimate of drug-likeness (QED) is 0.675. The highest BCUT2D eigenvalue weighted by atomic mass is 35.5. The number of hydrogen-bond acceptors (Lipinski definition) is 4. The summed E-state index contributed by atoms with van der Waals surface area (Å²) in [6.45, 7) is 2.47. The summed E-state index contributed by atoms with van der Waals surface area (Å²) in [7, 11) is 0. The zero-order valence-electron chi connectivity index (χ0n) is 15.3. The third-order valence-electron chi connectivity index (χ3n) is 4.76. The molecule has 1 aromatic carbocycles. The van der Waals surface area contributed by atoms with E-state index in [-0.39, 0.29) is 22.7 Å². The number of carbonyl (C=O) groups is 1. The Kier molecular flexibility index (Phi) is 6.61. The Labute approximate surface area is 163 Å². The average molecular weight is 392 g/mol. The van der Waals surface area contributed by atoms with Gasteiger partial charge in [0.1, 0.15) is 5.69 Å². The number of ether oxygens (including phenoxy) is 1. The van der Waals surface area contributed by atoms with Crippen LogP contribution in [0.15, 0.2) is 30.6 Å². The van der Waals surface area contributed by atoms with Crippen molar-refractivity contribution in [1.82, 2.24) is 15.3 Å². The van der Waals surface area contributed by atoms with E-state index < -0.39 is 11.9 Å². The molecule has 0 saturated heterocycles. The van der Waals surface area contributed by atoms with Gasteiger partial charge in [0.25, 0.3) is 0 Å². The summed E-state index contributed by atoms with van der Waals surface area (Å²) in [5, 5.41) is 3.21. The highest BCUT2D eigenvalue weighted by Gasteiger charge is 2.29. The van der Waals surface area contributed by atoms with Crippen molar-refractivity contribution in [2.24, 2.45) is 5.92 Å². The Balaban J connectivity index is 1.91. The molecule has 5 nitrogen and oxygen atoms in total. The van der Waals surface area contributed by atoms with Crippen LogP contribution in [0.4, 0.5) is 4.39 Å². The first kappa shape index (κ1) is 19.5. The lowest BCUT2D eigenvalue weighted by atomic mass is 9.84. The van der Waals surface area contributed by atoms with E-state index in [1.807, 2.05) is 6.92 Å². The Bertz CT molecular complexity index is 799. The van der Waals surface area contributed by atoms with E-state index in [4.69, 9.17) is 16.3 Å². The lowest BCUT2D eigenvalue weighted by molar-refractivity contribution is -0.127. The number of amides is 1. The molecule has 1 aromatic heterocycles. The lowest BCUT2D eigenvalue weighted by Gasteiger charge is -2.27. The Morgan fingerprint density at radius 2 is 2.15 bits per heavy atom. The predicted octanol–water partition coefficient (Wildman–Crippen LogP) is 4.45. The number of rotatable bonds is 8. The molecule has 1 amide bonds. The number of carbonyl (C=O) groups excluding carboxylic acids is 1. The van der Waals surface area contributed by atoms with Gasteiger partial charge in [-0.3, -0.25) is 9.78 Å². The first-order valence-corrected chi connectivity index (χ1v) is 9.67. The van der Waals surface area contributed by atoms with Crippen LogP contribution in [0.5, 0.6) is 5.75 Å². The van der Waals surface area contributed by atoms with Gasteiger partial charge in [0.15, 0.2) is 16.7 Å². The van der Waals surface area contributed by atoms with Crippen molar-refractivity contribution in [2.75, 3.05) is 6.61 Å². The minimum Gasteiger partial charge on any atom is -0.491 e. The number of benzene rings is 1. The predicted molar refractivity (Wildman–Crippen MR) is 101 cm³/mol. The maximum Gasteiger partial charge on any atom is 0.223 e. The van der Waals surface area contributed by atoms with Gasteiger partial charge >= 0.3 is 0 Å². The molecular formula is C20H23ClFN3O2. The number of hydrogen-bond donors (Lipinski definition) is 1. The summed E-state index contributed by atoms with van der Waals surface area (Å²) in [5.41, 5.74) is 1.08. The van der Waals surface area contributed by atoms with Gasteiger partial charge in [0.2, 0.25) is 5.91 Å². The van der Waals surface area contributed by atoms with Crippen molar-refractivity contribution in [3.63, 3.8) is 0 Å². The van der Waals surface area contributed by atoms with E-state index in [9.17, 15) is 9.18 Å². The van der Waals surface area contributed by atoms with Crippen LogP contribution in [-0.4, -0.2) is 22.5 Å². The normalized spacial score (nSPS) is 15.1. The van der Waals surface area contributed by atoms with Crippen LogP contribution in [0.1, 0.15) is 56.3 Å². The fourth-order valence-electron chi connectivity index (χ4n) is 2.90. The largest absolute Gasteiger partial charge is 0.491 e. The van der Waals surface area contributed by atoms with Crippen molar-refractivity contribution >= 4 is 17.5 Å². The van der Waals surface area contributed by atoms with Crippen molar-refractivity contribution < 1.29 is 13.9 Å². The zero-order valence-corrected chi connectivity index (χ0v) is 16.0. The number of aromatic nitrogens is 2. The molecule has 27 heavy (non-hydrogen) atoms. The Morgan fingerprint density at radius 1 is 1.37 bits per heavy atom. The molecule has 1 atom stereocenters. The van der Waals surface area contributed by atoms with Gasteiger partial charge in [-0.2, -0.15) is 0 Å². The molecule has 1 aliphatic carbocycles. The molecule has 2 aromatic rings. The van der Waals surface area contributed by atoms with Gasteiger partial charge in [-0.05, 0) is 37.0 Å². The van der Waals surface area contributed by atoms with E-state index in [0.29, 0.717) is 17.9 Å². The number of halogens is 2. The van der Waals surface area contributed by atoms with Gasteiger partial charge in [0, 0.05) is 18.3 Å². The van der Waals surface area contributed by atoms with Gasteiger partial charge in [-0.1, -0.05) is 37.4 Å². The molecular weight excluding hydrogens is 369 g/mol. The maximum atomic E-state index is 14.1.